The van der Waals surface area contributed by atoms with E-state index in [1.165, 1.54) is 38.8 Å². The van der Waals surface area contributed by atoms with Crippen molar-refractivity contribution in [2.75, 3.05) is 20.1 Å². The van der Waals surface area contributed by atoms with Crippen LogP contribution in [0.1, 0.15) is 25.7 Å². The molecule has 0 aromatic rings. The van der Waals surface area contributed by atoms with Crippen molar-refractivity contribution >= 4 is 0 Å². The number of nitrogens with zero attached hydrogens (tertiary/aromatic N) is 1. The zero-order valence-electron chi connectivity index (χ0n) is 8.00. The molecule has 1 heterocycles. The van der Waals surface area contributed by atoms with Gasteiger partial charge in [0.1, 0.15) is 0 Å². The van der Waals surface area contributed by atoms with Crippen LogP contribution in [0.15, 0.2) is 0 Å². The minimum atomic E-state index is 0.512. The van der Waals surface area contributed by atoms with Gasteiger partial charge in [0.2, 0.25) is 0 Å². The molecule has 1 saturated carbocycles. The minimum absolute atomic E-state index is 0.512. The molecule has 1 saturated heterocycles. The van der Waals surface area contributed by atoms with E-state index in [1.807, 2.05) is 0 Å². The molecule has 0 amide bonds. The van der Waals surface area contributed by atoms with Crippen LogP contribution in [0.4, 0.5) is 0 Å². The summed E-state index contributed by atoms with van der Waals surface area (Å²) in [4.78, 5) is 2.46. The van der Waals surface area contributed by atoms with Crippen LogP contribution >= 0.6 is 0 Å². The van der Waals surface area contributed by atoms with E-state index in [1.54, 1.807) is 0 Å². The number of likely N-dealkylation sites (tertiary alicyclic amines) is 1. The third-order valence-corrected chi connectivity index (χ3v) is 3.66. The second kappa shape index (κ2) is 3.35. The van der Waals surface area contributed by atoms with Crippen molar-refractivity contribution in [1.29, 1.82) is 0 Å². The van der Waals surface area contributed by atoms with Gasteiger partial charge in [-0.25, -0.2) is 0 Å². The zero-order valence-corrected chi connectivity index (χ0v) is 8.00. The molecule has 3 atom stereocenters. The molecule has 12 heavy (non-hydrogen) atoms. The summed E-state index contributed by atoms with van der Waals surface area (Å²) in [5, 5.41) is 0. The minimum Gasteiger partial charge on any atom is -0.327 e. The van der Waals surface area contributed by atoms with Gasteiger partial charge in [-0.15, -0.1) is 0 Å². The van der Waals surface area contributed by atoms with Crippen LogP contribution < -0.4 is 5.73 Å². The fraction of sp³-hybridized carbons (Fsp3) is 1.00. The monoisotopic (exact) mass is 168 g/mol. The van der Waals surface area contributed by atoms with Crippen LogP contribution in [-0.2, 0) is 0 Å². The van der Waals surface area contributed by atoms with Crippen molar-refractivity contribution < 1.29 is 0 Å². The van der Waals surface area contributed by atoms with E-state index in [-0.39, 0.29) is 0 Å². The van der Waals surface area contributed by atoms with Gasteiger partial charge >= 0.3 is 0 Å². The highest BCUT2D eigenvalue weighted by Gasteiger charge is 2.34. The van der Waals surface area contributed by atoms with Gasteiger partial charge in [0.25, 0.3) is 0 Å². The van der Waals surface area contributed by atoms with Gasteiger partial charge in [0, 0.05) is 12.6 Å². The molecule has 2 aliphatic rings. The lowest BCUT2D eigenvalue weighted by Gasteiger charge is -2.43. The second-order valence-electron chi connectivity index (χ2n) is 4.57. The summed E-state index contributed by atoms with van der Waals surface area (Å²) in [5.41, 5.74) is 6.12. The molecule has 2 N–H and O–H groups in total. The number of nitrogens with two attached hydrogens (primary N) is 1. The maximum absolute atomic E-state index is 6.12. The summed E-state index contributed by atoms with van der Waals surface area (Å²) in [5.74, 6) is 1.75. The molecule has 0 aromatic heterocycles. The molecule has 0 bridgehead atoms. The Morgan fingerprint density at radius 2 is 2.08 bits per heavy atom. The lowest BCUT2D eigenvalue weighted by Crippen LogP contribution is -2.48. The molecule has 2 rings (SSSR count). The first-order chi connectivity index (χ1) is 5.77. The summed E-state index contributed by atoms with van der Waals surface area (Å²) < 4.78 is 0. The van der Waals surface area contributed by atoms with Gasteiger partial charge in [-0.05, 0) is 44.7 Å². The molecule has 0 unspecified atom stereocenters. The first kappa shape index (κ1) is 8.52. The molecular formula is C10H20N2. The molecule has 0 spiro atoms. The maximum Gasteiger partial charge on any atom is 0.00707 e. The fourth-order valence-corrected chi connectivity index (χ4v) is 2.93. The first-order valence-electron chi connectivity index (χ1n) is 5.21. The molecule has 1 aliphatic heterocycles. The summed E-state index contributed by atoms with van der Waals surface area (Å²) in [6, 6.07) is 0.512. The molecule has 2 fully saturated rings. The summed E-state index contributed by atoms with van der Waals surface area (Å²) in [7, 11) is 2.23. The van der Waals surface area contributed by atoms with Gasteiger partial charge in [0.05, 0.1) is 0 Å². The molecule has 1 aliphatic carbocycles. The Labute approximate surface area is 75.1 Å². The standard InChI is InChI=1S/C10H20N2/c1-12-6-5-9-8(7-12)3-2-4-10(9)11/h8-10H,2-7,11H2,1H3/t8-,9+,10-/m0/s1. The van der Waals surface area contributed by atoms with E-state index in [2.05, 4.69) is 11.9 Å². The summed E-state index contributed by atoms with van der Waals surface area (Å²) >= 11 is 0. The normalized spacial score (nSPS) is 44.0. The van der Waals surface area contributed by atoms with Crippen LogP contribution in [-0.4, -0.2) is 31.1 Å². The summed E-state index contributed by atoms with van der Waals surface area (Å²) in [6.07, 6.45) is 5.38. The Morgan fingerprint density at radius 3 is 2.92 bits per heavy atom. The highest BCUT2D eigenvalue weighted by atomic mass is 15.1. The Hall–Kier alpha value is -0.0800. The lowest BCUT2D eigenvalue weighted by molar-refractivity contribution is 0.0895. The van der Waals surface area contributed by atoms with Gasteiger partial charge in [-0.3, -0.25) is 0 Å². The Morgan fingerprint density at radius 1 is 1.25 bits per heavy atom. The average molecular weight is 168 g/mol. The van der Waals surface area contributed by atoms with Crippen LogP contribution in [0.5, 0.6) is 0 Å². The number of hydrogen-bond acceptors (Lipinski definition) is 2. The second-order valence-corrected chi connectivity index (χ2v) is 4.57. The van der Waals surface area contributed by atoms with Gasteiger partial charge in [-0.1, -0.05) is 6.42 Å². The van der Waals surface area contributed by atoms with E-state index >= 15 is 0 Å². The van der Waals surface area contributed by atoms with Crippen molar-refractivity contribution in [2.45, 2.75) is 31.7 Å². The first-order valence-corrected chi connectivity index (χ1v) is 5.21. The fourth-order valence-electron chi connectivity index (χ4n) is 2.93. The molecule has 0 radical (unpaired) electrons. The van der Waals surface area contributed by atoms with E-state index < -0.39 is 0 Å². The number of fused-ring (bicyclic) bond motifs is 1. The quantitative estimate of drug-likeness (QED) is 0.586. The Kier molecular flexibility index (Phi) is 2.37. The highest BCUT2D eigenvalue weighted by molar-refractivity contribution is 4.89. The third kappa shape index (κ3) is 1.50. The molecule has 70 valence electrons. The largest absolute Gasteiger partial charge is 0.327 e. The average Bonchev–Trinajstić information content (AvgIpc) is 2.04. The van der Waals surface area contributed by atoms with Gasteiger partial charge in [0.15, 0.2) is 0 Å². The number of piperidine rings is 1. The van der Waals surface area contributed by atoms with E-state index in [0.717, 1.165) is 11.8 Å². The third-order valence-electron chi connectivity index (χ3n) is 3.66. The maximum atomic E-state index is 6.12. The predicted octanol–water partition coefficient (Wildman–Crippen LogP) is 1.07. The van der Waals surface area contributed by atoms with Gasteiger partial charge in [-0.2, -0.15) is 0 Å². The number of rotatable bonds is 0. The molecule has 0 aromatic carbocycles. The predicted molar refractivity (Wildman–Crippen MR) is 50.9 cm³/mol. The molecule has 2 heteroatoms. The van der Waals surface area contributed by atoms with E-state index in [0.29, 0.717) is 6.04 Å². The van der Waals surface area contributed by atoms with Crippen molar-refractivity contribution in [3.63, 3.8) is 0 Å². The Balaban J connectivity index is 1.99. The topological polar surface area (TPSA) is 29.3 Å². The van der Waals surface area contributed by atoms with Crippen molar-refractivity contribution in [1.82, 2.24) is 4.90 Å². The van der Waals surface area contributed by atoms with Crippen molar-refractivity contribution in [3.8, 4) is 0 Å². The zero-order chi connectivity index (χ0) is 8.55. The van der Waals surface area contributed by atoms with Crippen LogP contribution in [0.3, 0.4) is 0 Å². The molecular weight excluding hydrogens is 148 g/mol. The van der Waals surface area contributed by atoms with Crippen LogP contribution in [0, 0.1) is 11.8 Å². The molecule has 2 nitrogen and oxygen atoms in total. The van der Waals surface area contributed by atoms with Gasteiger partial charge < -0.3 is 10.6 Å². The van der Waals surface area contributed by atoms with E-state index in [4.69, 9.17) is 5.73 Å². The van der Waals surface area contributed by atoms with E-state index in [9.17, 15) is 0 Å². The van der Waals surface area contributed by atoms with Crippen molar-refractivity contribution in [2.24, 2.45) is 17.6 Å². The van der Waals surface area contributed by atoms with Crippen molar-refractivity contribution in [3.05, 3.63) is 0 Å². The highest BCUT2D eigenvalue weighted by Crippen LogP contribution is 2.34. The number of hydrogen-bond donors (Lipinski definition) is 1. The van der Waals surface area contributed by atoms with Crippen LogP contribution in [0.25, 0.3) is 0 Å². The van der Waals surface area contributed by atoms with Crippen LogP contribution in [0.2, 0.25) is 0 Å². The smallest absolute Gasteiger partial charge is 0.00707 e. The SMILES string of the molecule is CN1CC[C@@H]2[C@@H](CCC[C@@H]2N)C1. The summed E-state index contributed by atoms with van der Waals surface area (Å²) in [6.45, 7) is 2.55. The Bertz CT molecular complexity index is 158. The lowest BCUT2D eigenvalue weighted by atomic mass is 9.72.